The second-order valence-corrected chi connectivity index (χ2v) is 5.01. The number of pyridine rings is 1. The van der Waals surface area contributed by atoms with E-state index in [1.165, 1.54) is 0 Å². The van der Waals surface area contributed by atoms with Gasteiger partial charge in [-0.15, -0.1) is 0 Å². The van der Waals surface area contributed by atoms with Crippen molar-refractivity contribution in [3.63, 3.8) is 0 Å². The van der Waals surface area contributed by atoms with Crippen LogP contribution in [0.1, 0.15) is 41.7 Å². The van der Waals surface area contributed by atoms with E-state index in [2.05, 4.69) is 11.9 Å². The molecule has 0 aliphatic rings. The van der Waals surface area contributed by atoms with Crippen LogP contribution in [-0.2, 0) is 0 Å². The molecule has 0 radical (unpaired) electrons. The van der Waals surface area contributed by atoms with E-state index in [0.717, 1.165) is 28.7 Å². The first-order valence-corrected chi connectivity index (χ1v) is 6.95. The molecule has 2 aromatic rings. The SMILES string of the molecule is CCCOc1cncc(C(O)c2c(C)cccc2C)c1. The van der Waals surface area contributed by atoms with Crippen LogP contribution in [0.5, 0.6) is 5.75 Å². The highest BCUT2D eigenvalue weighted by Crippen LogP contribution is 2.28. The van der Waals surface area contributed by atoms with Crippen LogP contribution in [0.2, 0.25) is 0 Å². The average molecular weight is 271 g/mol. The zero-order valence-electron chi connectivity index (χ0n) is 12.3. The van der Waals surface area contributed by atoms with Gasteiger partial charge in [0.1, 0.15) is 11.9 Å². The first-order valence-electron chi connectivity index (χ1n) is 6.95. The molecular weight excluding hydrogens is 250 g/mol. The fourth-order valence-electron chi connectivity index (χ4n) is 2.31. The summed E-state index contributed by atoms with van der Waals surface area (Å²) in [7, 11) is 0. The standard InChI is InChI=1S/C17H21NO2/c1-4-8-20-15-9-14(10-18-11-15)17(19)16-12(2)6-5-7-13(16)3/h5-7,9-11,17,19H,4,8H2,1-3H3. The first kappa shape index (κ1) is 14.5. The van der Waals surface area contributed by atoms with E-state index >= 15 is 0 Å². The van der Waals surface area contributed by atoms with E-state index in [4.69, 9.17) is 4.74 Å². The summed E-state index contributed by atoms with van der Waals surface area (Å²) in [6.07, 6.45) is 3.64. The van der Waals surface area contributed by atoms with Gasteiger partial charge in [0.25, 0.3) is 0 Å². The summed E-state index contributed by atoms with van der Waals surface area (Å²) in [5.74, 6) is 0.703. The smallest absolute Gasteiger partial charge is 0.137 e. The van der Waals surface area contributed by atoms with Crippen molar-refractivity contribution < 1.29 is 9.84 Å². The van der Waals surface area contributed by atoms with Gasteiger partial charge in [0.2, 0.25) is 0 Å². The molecule has 2 rings (SSSR count). The summed E-state index contributed by atoms with van der Waals surface area (Å²) in [4.78, 5) is 4.16. The zero-order valence-corrected chi connectivity index (χ0v) is 12.3. The Morgan fingerprint density at radius 2 is 1.90 bits per heavy atom. The van der Waals surface area contributed by atoms with Crippen molar-refractivity contribution in [1.29, 1.82) is 0 Å². The molecule has 106 valence electrons. The third-order valence-corrected chi connectivity index (χ3v) is 3.34. The molecule has 0 aliphatic heterocycles. The van der Waals surface area contributed by atoms with Crippen LogP contribution in [0.25, 0.3) is 0 Å². The maximum Gasteiger partial charge on any atom is 0.137 e. The van der Waals surface area contributed by atoms with Crippen LogP contribution in [0.3, 0.4) is 0 Å². The molecule has 0 bridgehead atoms. The minimum Gasteiger partial charge on any atom is -0.492 e. The number of aliphatic hydroxyl groups excluding tert-OH is 1. The number of ether oxygens (including phenoxy) is 1. The third kappa shape index (κ3) is 3.17. The molecule has 1 aromatic carbocycles. The largest absolute Gasteiger partial charge is 0.492 e. The normalized spacial score (nSPS) is 12.2. The summed E-state index contributed by atoms with van der Waals surface area (Å²) in [6.45, 7) is 6.74. The van der Waals surface area contributed by atoms with Crippen LogP contribution < -0.4 is 4.74 Å². The average Bonchev–Trinajstić information content (AvgIpc) is 2.45. The summed E-state index contributed by atoms with van der Waals surface area (Å²) >= 11 is 0. The zero-order chi connectivity index (χ0) is 14.5. The topological polar surface area (TPSA) is 42.4 Å². The van der Waals surface area contributed by atoms with Crippen molar-refractivity contribution in [3.05, 3.63) is 58.9 Å². The molecule has 1 heterocycles. The number of rotatable bonds is 5. The molecule has 1 atom stereocenters. The Morgan fingerprint density at radius 1 is 1.20 bits per heavy atom. The highest BCUT2D eigenvalue weighted by Gasteiger charge is 2.16. The third-order valence-electron chi connectivity index (χ3n) is 3.34. The Morgan fingerprint density at radius 3 is 2.55 bits per heavy atom. The Labute approximate surface area is 120 Å². The van der Waals surface area contributed by atoms with Gasteiger partial charge in [0.05, 0.1) is 12.8 Å². The van der Waals surface area contributed by atoms with Crippen LogP contribution in [-0.4, -0.2) is 16.7 Å². The lowest BCUT2D eigenvalue weighted by Crippen LogP contribution is -2.06. The molecule has 0 fully saturated rings. The molecule has 0 spiro atoms. The van der Waals surface area contributed by atoms with E-state index in [-0.39, 0.29) is 0 Å². The molecule has 3 nitrogen and oxygen atoms in total. The van der Waals surface area contributed by atoms with Gasteiger partial charge in [0.15, 0.2) is 0 Å². The number of hydrogen-bond donors (Lipinski definition) is 1. The number of aryl methyl sites for hydroxylation is 2. The van der Waals surface area contributed by atoms with Crippen LogP contribution in [0.4, 0.5) is 0 Å². The maximum absolute atomic E-state index is 10.6. The Bertz CT molecular complexity index is 561. The molecule has 0 aliphatic carbocycles. The second kappa shape index (κ2) is 6.53. The van der Waals surface area contributed by atoms with Crippen molar-refractivity contribution in [2.45, 2.75) is 33.3 Å². The van der Waals surface area contributed by atoms with E-state index in [1.54, 1.807) is 12.4 Å². The van der Waals surface area contributed by atoms with Crippen LogP contribution >= 0.6 is 0 Å². The van der Waals surface area contributed by atoms with E-state index < -0.39 is 6.10 Å². The molecule has 1 N–H and O–H groups in total. The van der Waals surface area contributed by atoms with Crippen LogP contribution in [0, 0.1) is 13.8 Å². The van der Waals surface area contributed by atoms with E-state index in [0.29, 0.717) is 12.4 Å². The Balaban J connectivity index is 2.31. The van der Waals surface area contributed by atoms with Gasteiger partial charge in [-0.25, -0.2) is 0 Å². The predicted octanol–water partition coefficient (Wildman–Crippen LogP) is 3.57. The highest BCUT2D eigenvalue weighted by molar-refractivity contribution is 5.41. The fourth-order valence-corrected chi connectivity index (χ4v) is 2.31. The van der Waals surface area contributed by atoms with Crippen molar-refractivity contribution in [1.82, 2.24) is 4.98 Å². The lowest BCUT2D eigenvalue weighted by Gasteiger charge is -2.17. The summed E-state index contributed by atoms with van der Waals surface area (Å²) in [5, 5.41) is 10.6. The van der Waals surface area contributed by atoms with Gasteiger partial charge < -0.3 is 9.84 Å². The quantitative estimate of drug-likeness (QED) is 0.904. The molecule has 0 saturated carbocycles. The first-order chi connectivity index (χ1) is 9.63. The fraction of sp³-hybridized carbons (Fsp3) is 0.353. The van der Waals surface area contributed by atoms with E-state index in [1.807, 2.05) is 38.1 Å². The summed E-state index contributed by atoms with van der Waals surface area (Å²) < 4.78 is 5.57. The predicted molar refractivity (Wildman–Crippen MR) is 80.0 cm³/mol. The lowest BCUT2D eigenvalue weighted by atomic mass is 9.94. The summed E-state index contributed by atoms with van der Waals surface area (Å²) in [5.41, 5.74) is 3.87. The van der Waals surface area contributed by atoms with Crippen molar-refractivity contribution in [2.75, 3.05) is 6.61 Å². The molecule has 0 saturated heterocycles. The van der Waals surface area contributed by atoms with Crippen molar-refractivity contribution in [3.8, 4) is 5.75 Å². The van der Waals surface area contributed by atoms with Gasteiger partial charge in [-0.05, 0) is 43.0 Å². The summed E-state index contributed by atoms with van der Waals surface area (Å²) in [6, 6.07) is 7.88. The highest BCUT2D eigenvalue weighted by atomic mass is 16.5. The number of nitrogens with zero attached hydrogens (tertiary/aromatic N) is 1. The molecule has 1 aromatic heterocycles. The molecule has 1 unspecified atom stereocenters. The number of aliphatic hydroxyl groups is 1. The minimum atomic E-state index is -0.672. The van der Waals surface area contributed by atoms with Gasteiger partial charge in [-0.1, -0.05) is 25.1 Å². The van der Waals surface area contributed by atoms with Crippen molar-refractivity contribution in [2.24, 2.45) is 0 Å². The Kier molecular flexibility index (Phi) is 4.74. The van der Waals surface area contributed by atoms with Crippen LogP contribution in [0.15, 0.2) is 36.7 Å². The van der Waals surface area contributed by atoms with E-state index in [9.17, 15) is 5.11 Å². The maximum atomic E-state index is 10.6. The van der Waals surface area contributed by atoms with Gasteiger partial charge in [-0.2, -0.15) is 0 Å². The number of aromatic nitrogens is 1. The second-order valence-electron chi connectivity index (χ2n) is 5.01. The Hall–Kier alpha value is -1.87. The van der Waals surface area contributed by atoms with Gasteiger partial charge in [0, 0.05) is 11.8 Å². The molecule has 20 heavy (non-hydrogen) atoms. The lowest BCUT2D eigenvalue weighted by molar-refractivity contribution is 0.217. The minimum absolute atomic E-state index is 0.657. The van der Waals surface area contributed by atoms with Gasteiger partial charge >= 0.3 is 0 Å². The monoisotopic (exact) mass is 271 g/mol. The van der Waals surface area contributed by atoms with Gasteiger partial charge in [-0.3, -0.25) is 4.98 Å². The molecule has 0 amide bonds. The number of hydrogen-bond acceptors (Lipinski definition) is 3. The van der Waals surface area contributed by atoms with Crippen molar-refractivity contribution >= 4 is 0 Å². The molecular formula is C17H21NO2. The number of benzene rings is 1. The molecule has 3 heteroatoms.